The third-order valence-electron chi connectivity index (χ3n) is 15.0. The van der Waals surface area contributed by atoms with Gasteiger partial charge in [0.1, 0.15) is 24.1 Å². The molecule has 1 aliphatic carbocycles. The molecule has 6 heterocycles. The molecular weight excluding hydrogens is 807 g/mol. The number of amides is 3. The lowest BCUT2D eigenvalue weighted by atomic mass is 9.69. The van der Waals surface area contributed by atoms with Crippen molar-refractivity contribution in [2.24, 2.45) is 5.92 Å². The fraction of sp³-hybridized carbons (Fsp3) is 0.442. The molecule has 0 saturated carbocycles. The first-order valence-electron chi connectivity index (χ1n) is 23.1. The second-order valence-corrected chi connectivity index (χ2v) is 18.9. The van der Waals surface area contributed by atoms with E-state index in [1.54, 1.807) is 4.90 Å². The fourth-order valence-corrected chi connectivity index (χ4v) is 11.7. The highest BCUT2D eigenvalue weighted by Crippen LogP contribution is 2.49. The number of aryl methyl sites for hydroxylation is 1. The second kappa shape index (κ2) is 17.0. The first kappa shape index (κ1) is 42.3. The Hall–Kier alpha value is -5.69. The fourth-order valence-electron chi connectivity index (χ4n) is 11.7. The summed E-state index contributed by atoms with van der Waals surface area (Å²) in [6, 6.07) is 29.2. The first-order chi connectivity index (χ1) is 31.1. The molecule has 2 N–H and O–H groups in total. The Bertz CT molecular complexity index is 2410. The van der Waals surface area contributed by atoms with Gasteiger partial charge in [-0.2, -0.15) is 0 Å². The molecule has 4 aromatic rings. The van der Waals surface area contributed by atoms with Gasteiger partial charge in [-0.05, 0) is 90.8 Å². The maximum absolute atomic E-state index is 13.5. The van der Waals surface area contributed by atoms with Crippen molar-refractivity contribution in [3.05, 3.63) is 131 Å². The number of imide groups is 1. The van der Waals surface area contributed by atoms with Crippen molar-refractivity contribution in [2.75, 3.05) is 68.9 Å². The molecule has 3 amide bonds. The lowest BCUT2D eigenvalue weighted by Gasteiger charge is -2.53. The molecule has 4 saturated heterocycles. The van der Waals surface area contributed by atoms with E-state index in [0.29, 0.717) is 50.0 Å². The molecule has 64 heavy (non-hydrogen) atoms. The molecule has 0 radical (unpaired) electrons. The normalized spacial score (nSPS) is 26.5. The van der Waals surface area contributed by atoms with Crippen molar-refractivity contribution in [2.45, 2.75) is 81.2 Å². The zero-order valence-corrected chi connectivity index (χ0v) is 36.8. The topological polar surface area (TPSA) is 124 Å². The van der Waals surface area contributed by atoms with E-state index in [1.165, 1.54) is 27.9 Å². The van der Waals surface area contributed by atoms with Crippen LogP contribution in [0.25, 0.3) is 0 Å². The maximum Gasteiger partial charge on any atom is 0.255 e. The Labute approximate surface area is 375 Å². The largest absolute Gasteiger partial charge is 0.508 e. The summed E-state index contributed by atoms with van der Waals surface area (Å²) in [5.74, 6) is 0.547. The van der Waals surface area contributed by atoms with Gasteiger partial charge in [0.25, 0.3) is 5.91 Å². The van der Waals surface area contributed by atoms with Gasteiger partial charge < -0.3 is 34.0 Å². The molecule has 6 aliphatic heterocycles. The number of hydrogen-bond donors (Lipinski definition) is 2. The number of phenols is 1. The molecule has 1 spiro atoms. The van der Waals surface area contributed by atoms with E-state index in [2.05, 4.69) is 101 Å². The molecule has 334 valence electrons. The Morgan fingerprint density at radius 3 is 2.36 bits per heavy atom. The van der Waals surface area contributed by atoms with Crippen LogP contribution in [0.4, 0.5) is 11.4 Å². The number of hydrogen-bond acceptors (Lipinski definition) is 10. The number of carbonyl (C=O) groups excluding carboxylic acids is 3. The average Bonchev–Trinajstić information content (AvgIpc) is 3.65. The predicted octanol–water partition coefficient (Wildman–Crippen LogP) is 6.75. The molecule has 1 unspecified atom stereocenters. The van der Waals surface area contributed by atoms with Crippen LogP contribution in [-0.4, -0.2) is 109 Å². The summed E-state index contributed by atoms with van der Waals surface area (Å²) in [6.45, 7) is 15.6. The molecule has 12 heteroatoms. The average molecular weight is 866 g/mol. The number of rotatable bonds is 6. The van der Waals surface area contributed by atoms with Crippen molar-refractivity contribution in [3.63, 3.8) is 0 Å². The van der Waals surface area contributed by atoms with Gasteiger partial charge in [-0.1, -0.05) is 48.5 Å². The number of aromatic hydroxyl groups is 1. The molecule has 0 bridgehead atoms. The summed E-state index contributed by atoms with van der Waals surface area (Å²) < 4.78 is 19.8. The zero-order valence-electron chi connectivity index (χ0n) is 36.8. The van der Waals surface area contributed by atoms with E-state index >= 15 is 0 Å². The summed E-state index contributed by atoms with van der Waals surface area (Å²) in [5, 5.41) is 12.7. The van der Waals surface area contributed by atoms with E-state index in [9.17, 15) is 19.5 Å². The number of nitrogens with zero attached hydrogens (tertiary/aromatic N) is 4. The Morgan fingerprint density at radius 2 is 1.61 bits per heavy atom. The minimum atomic E-state index is -0.654. The van der Waals surface area contributed by atoms with E-state index in [-0.39, 0.29) is 35.6 Å². The Kier molecular flexibility index (Phi) is 11.2. The van der Waals surface area contributed by atoms with Gasteiger partial charge in [0, 0.05) is 87.2 Å². The minimum absolute atomic E-state index is 0.184. The highest BCUT2D eigenvalue weighted by Gasteiger charge is 2.48. The van der Waals surface area contributed by atoms with Gasteiger partial charge in [-0.15, -0.1) is 13.2 Å². The quantitative estimate of drug-likeness (QED) is 0.159. The number of piperazine rings is 1. The van der Waals surface area contributed by atoms with Crippen molar-refractivity contribution in [3.8, 4) is 11.5 Å². The van der Waals surface area contributed by atoms with E-state index in [0.717, 1.165) is 82.0 Å². The third-order valence-corrected chi connectivity index (χ3v) is 15.0. The molecule has 11 rings (SSSR count). The standard InChI is InChI=1S/C50H55N5O7.C2H4/c1-49-30-52(23-24-55(49)42-16-15-40-41(46(42)60-31-49)27-54(48(40)59)43-17-18-44(57)51-47(43)58)26-32-28-61-50(62-29-32)19-21-53(22-20-50)36-10-7-34(8-11-36)45-38(33-5-3-2-4-6-33)13-9-35-25-37(56)12-14-39(35)45;1-2/h2-8,10-12,14-16,25,32,38,43,45,56H,9,13,17-24,26-31H2,1H3,(H,51,57,58);1-2H2/t38-,43?,45+,49-;/m1./s1. The van der Waals surface area contributed by atoms with Crippen molar-refractivity contribution >= 4 is 29.1 Å². The number of nitrogens with one attached hydrogen (secondary N) is 1. The van der Waals surface area contributed by atoms with Crippen LogP contribution in [0.1, 0.15) is 89.0 Å². The van der Waals surface area contributed by atoms with Crippen LogP contribution in [0.3, 0.4) is 0 Å². The van der Waals surface area contributed by atoms with Crippen LogP contribution in [0.2, 0.25) is 0 Å². The Morgan fingerprint density at radius 1 is 0.844 bits per heavy atom. The SMILES string of the molecule is C=C.C[C@@]12COc3c(ccc4c3CN(C3CCC(=O)NC3=O)C4=O)N1CCN(CC1COC3(CCN(c4ccc([C@@H]5c6ccc(O)cc6CC[C@@H]5c5ccccc5)cc4)CC3)OC1)C2. The highest BCUT2D eigenvalue weighted by molar-refractivity contribution is 6.06. The predicted molar refractivity (Wildman–Crippen MR) is 245 cm³/mol. The van der Waals surface area contributed by atoms with Crippen LogP contribution in [-0.2, 0) is 32.0 Å². The van der Waals surface area contributed by atoms with Gasteiger partial charge in [-0.3, -0.25) is 24.6 Å². The Balaban J connectivity index is 0.00000239. The third kappa shape index (κ3) is 7.62. The number of piperidine rings is 2. The first-order valence-corrected chi connectivity index (χ1v) is 23.1. The van der Waals surface area contributed by atoms with Gasteiger partial charge in [0.2, 0.25) is 11.8 Å². The summed E-state index contributed by atoms with van der Waals surface area (Å²) in [4.78, 5) is 46.9. The highest BCUT2D eigenvalue weighted by atomic mass is 16.7. The summed E-state index contributed by atoms with van der Waals surface area (Å²) in [7, 11) is 0. The summed E-state index contributed by atoms with van der Waals surface area (Å²) in [5.41, 5.74) is 8.62. The number of phenolic OH excluding ortho intramolecular Hbond substituents is 1. The van der Waals surface area contributed by atoms with E-state index in [4.69, 9.17) is 14.2 Å². The van der Waals surface area contributed by atoms with Crippen LogP contribution in [0, 0.1) is 5.92 Å². The summed E-state index contributed by atoms with van der Waals surface area (Å²) in [6.07, 6.45) is 4.22. The van der Waals surface area contributed by atoms with E-state index < -0.39 is 17.7 Å². The van der Waals surface area contributed by atoms with Gasteiger partial charge in [0.15, 0.2) is 5.79 Å². The van der Waals surface area contributed by atoms with Crippen LogP contribution >= 0.6 is 0 Å². The van der Waals surface area contributed by atoms with Crippen molar-refractivity contribution < 1.29 is 33.7 Å². The van der Waals surface area contributed by atoms with Crippen molar-refractivity contribution in [1.29, 1.82) is 0 Å². The van der Waals surface area contributed by atoms with Gasteiger partial charge >= 0.3 is 0 Å². The molecule has 4 fully saturated rings. The van der Waals surface area contributed by atoms with Crippen LogP contribution in [0.15, 0.2) is 98.1 Å². The smallest absolute Gasteiger partial charge is 0.255 e. The zero-order chi connectivity index (χ0) is 44.2. The number of benzene rings is 4. The molecule has 4 aromatic carbocycles. The maximum atomic E-state index is 13.5. The van der Waals surface area contributed by atoms with Gasteiger partial charge in [-0.25, -0.2) is 0 Å². The minimum Gasteiger partial charge on any atom is -0.508 e. The van der Waals surface area contributed by atoms with Gasteiger partial charge in [0.05, 0.1) is 31.0 Å². The summed E-state index contributed by atoms with van der Waals surface area (Å²) >= 11 is 0. The lowest BCUT2D eigenvalue weighted by Crippen LogP contribution is -2.66. The van der Waals surface area contributed by atoms with E-state index in [1.807, 2.05) is 24.3 Å². The van der Waals surface area contributed by atoms with Crippen LogP contribution < -0.4 is 19.9 Å². The number of carbonyl (C=O) groups is 3. The number of fused-ring (bicyclic) bond motifs is 6. The number of ether oxygens (including phenoxy) is 3. The monoisotopic (exact) mass is 865 g/mol. The molecule has 12 nitrogen and oxygen atoms in total. The number of anilines is 2. The van der Waals surface area contributed by atoms with Crippen molar-refractivity contribution in [1.82, 2.24) is 15.1 Å². The second-order valence-electron chi connectivity index (χ2n) is 18.9. The molecular formula is C52H59N5O7. The molecule has 0 aromatic heterocycles. The van der Waals surface area contributed by atoms with Crippen LogP contribution in [0.5, 0.6) is 11.5 Å². The molecule has 7 aliphatic rings. The lowest BCUT2D eigenvalue weighted by molar-refractivity contribution is -0.291. The molecule has 4 atom stereocenters.